The molecule has 4 heteroatoms. The van der Waals surface area contributed by atoms with Gasteiger partial charge in [0, 0.05) is 0 Å². The van der Waals surface area contributed by atoms with Crippen molar-refractivity contribution in [2.75, 3.05) is 61.9 Å². The average molecular weight is 571 g/mol. The maximum absolute atomic E-state index is 2.55. The van der Waals surface area contributed by atoms with Crippen molar-refractivity contribution in [2.45, 2.75) is 10.4 Å². The summed E-state index contributed by atoms with van der Waals surface area (Å²) in [6.45, 7) is 3.25. The molecule has 0 saturated carbocycles. The van der Waals surface area contributed by atoms with E-state index in [4.69, 9.17) is 0 Å². The van der Waals surface area contributed by atoms with Crippen molar-refractivity contribution in [1.82, 2.24) is 14.7 Å². The molecular weight excluding hydrogens is 535 g/mol. The van der Waals surface area contributed by atoms with Crippen LogP contribution in [0.5, 0.6) is 0 Å². The van der Waals surface area contributed by atoms with Gasteiger partial charge in [-0.2, -0.15) is 0 Å². The molecule has 150 valence electrons. The van der Waals surface area contributed by atoms with Crippen LogP contribution in [0.3, 0.4) is 0 Å². The van der Waals surface area contributed by atoms with E-state index >= 15 is 0 Å². The van der Waals surface area contributed by atoms with E-state index in [1.165, 1.54) is 0 Å². The Labute approximate surface area is 180 Å². The van der Waals surface area contributed by atoms with Crippen molar-refractivity contribution in [2.24, 2.45) is 0 Å². The molecule has 0 aromatic rings. The van der Waals surface area contributed by atoms with Crippen LogP contribution in [-0.2, 0) is 0 Å². The number of allylic oxidation sites excluding steroid dienone is 9. The van der Waals surface area contributed by atoms with Crippen molar-refractivity contribution in [3.8, 4) is 0 Å². The van der Waals surface area contributed by atoms with Crippen molar-refractivity contribution in [3.05, 3.63) is 71.4 Å². The molecule has 3 unspecified atom stereocenters. The van der Waals surface area contributed by atoms with Gasteiger partial charge in [0.15, 0.2) is 0 Å². The van der Waals surface area contributed by atoms with Gasteiger partial charge < -0.3 is 0 Å². The molecule has 0 saturated heterocycles. The Bertz CT molecular complexity index is 637. The van der Waals surface area contributed by atoms with Crippen LogP contribution in [0.4, 0.5) is 0 Å². The molecule has 28 heavy (non-hydrogen) atoms. The third kappa shape index (κ3) is 5.23. The quantitative estimate of drug-likeness (QED) is 0.391. The molecule has 3 atom stereocenters. The summed E-state index contributed by atoms with van der Waals surface area (Å²) in [5.74, 6) is 0. The van der Waals surface area contributed by atoms with Crippen LogP contribution < -0.4 is 0 Å². The SMILES string of the molecule is CN(C)CC1=CC=C[CH]1[Tl]([CH]1C=CC=C1CN(C)C)[CH]1C=CC=C1CN(C)C. The molecule has 0 aromatic heterocycles. The van der Waals surface area contributed by atoms with E-state index in [0.717, 1.165) is 19.6 Å². The van der Waals surface area contributed by atoms with E-state index in [9.17, 15) is 0 Å². The van der Waals surface area contributed by atoms with Gasteiger partial charge >= 0.3 is 181 Å². The first kappa shape index (κ1) is 21.9. The predicted molar refractivity (Wildman–Crippen MR) is 124 cm³/mol. The summed E-state index contributed by atoms with van der Waals surface area (Å²) in [6, 6.07) is 0. The molecule has 0 radical (unpaired) electrons. The summed E-state index contributed by atoms with van der Waals surface area (Å²) in [5, 5.41) is 0. The van der Waals surface area contributed by atoms with Crippen LogP contribution in [-0.4, -0.2) is 99.3 Å². The molecule has 0 fully saturated rings. The molecule has 3 aliphatic carbocycles. The molecule has 0 aliphatic heterocycles. The van der Waals surface area contributed by atoms with Crippen LogP contribution in [0, 0.1) is 0 Å². The zero-order valence-corrected chi connectivity index (χ0v) is 23.0. The van der Waals surface area contributed by atoms with E-state index in [0.29, 0.717) is 10.4 Å². The second-order valence-corrected chi connectivity index (χ2v) is 22.1. The first-order valence-corrected chi connectivity index (χ1v) is 18.2. The maximum atomic E-state index is 2.55. The molecule has 0 amide bonds. The predicted octanol–water partition coefficient (Wildman–Crippen LogP) is 3.77. The van der Waals surface area contributed by atoms with Gasteiger partial charge in [-0.05, 0) is 0 Å². The fraction of sp³-hybridized carbons (Fsp3) is 0.500. The number of hydrogen-bond donors (Lipinski definition) is 0. The van der Waals surface area contributed by atoms with E-state index in [-0.39, 0.29) is 0 Å². The zero-order chi connectivity index (χ0) is 20.3. The number of likely N-dealkylation sites (N-methyl/N-ethyl adjacent to an activating group) is 3. The van der Waals surface area contributed by atoms with Crippen LogP contribution in [0.15, 0.2) is 71.4 Å². The van der Waals surface area contributed by atoms with E-state index in [2.05, 4.69) is 112 Å². The van der Waals surface area contributed by atoms with Crippen molar-refractivity contribution in [1.29, 1.82) is 0 Å². The van der Waals surface area contributed by atoms with Crippen molar-refractivity contribution < 1.29 is 0 Å². The van der Waals surface area contributed by atoms with Gasteiger partial charge in [0.05, 0.1) is 0 Å². The summed E-state index contributed by atoms with van der Waals surface area (Å²) in [6.07, 6.45) is 21.8. The second-order valence-electron chi connectivity index (χ2n) is 9.25. The molecule has 3 nitrogen and oxygen atoms in total. The van der Waals surface area contributed by atoms with Crippen molar-refractivity contribution in [3.63, 3.8) is 0 Å². The topological polar surface area (TPSA) is 9.72 Å². The first-order valence-electron chi connectivity index (χ1n) is 10.4. The summed E-state index contributed by atoms with van der Waals surface area (Å²) in [4.78, 5) is 7.00. The van der Waals surface area contributed by atoms with E-state index < -0.39 is 22.7 Å². The summed E-state index contributed by atoms with van der Waals surface area (Å²) in [7, 11) is 13.2. The monoisotopic (exact) mass is 571 g/mol. The third-order valence-corrected chi connectivity index (χ3v) is 23.2. The normalized spacial score (nSPS) is 26.0. The van der Waals surface area contributed by atoms with Crippen LogP contribution in [0.25, 0.3) is 0 Å². The summed E-state index contributed by atoms with van der Waals surface area (Å²) in [5.41, 5.74) is 4.93. The molecule has 0 N–H and O–H groups in total. The van der Waals surface area contributed by atoms with Crippen LogP contribution in [0.2, 0.25) is 10.4 Å². The Kier molecular flexibility index (Phi) is 7.70. The molecule has 3 aliphatic rings. The Morgan fingerprint density at radius 1 is 0.571 bits per heavy atom. The molecule has 0 aromatic carbocycles. The summed E-state index contributed by atoms with van der Waals surface area (Å²) >= 11 is -2.38. The van der Waals surface area contributed by atoms with Gasteiger partial charge in [-0.3, -0.25) is 0 Å². The number of hydrogen-bond acceptors (Lipinski definition) is 3. The Balaban J connectivity index is 1.93. The molecular formula is C24H36N3Tl. The van der Waals surface area contributed by atoms with Crippen LogP contribution >= 0.6 is 0 Å². The average Bonchev–Trinajstić information content (AvgIpc) is 3.31. The fourth-order valence-corrected chi connectivity index (χ4v) is 23.0. The number of rotatable bonds is 9. The molecule has 0 bridgehead atoms. The van der Waals surface area contributed by atoms with Crippen molar-refractivity contribution >= 4 is 22.7 Å². The zero-order valence-electron chi connectivity index (χ0n) is 18.5. The Hall–Kier alpha value is -0.758. The minimum absolute atomic E-state index is 0.707. The first-order chi connectivity index (χ1) is 13.4. The van der Waals surface area contributed by atoms with Gasteiger partial charge in [-0.1, -0.05) is 0 Å². The minimum atomic E-state index is -2.38. The number of nitrogens with zero attached hydrogens (tertiary/aromatic N) is 3. The Morgan fingerprint density at radius 2 is 0.857 bits per heavy atom. The standard InChI is InChI=1S/3C8H12N.Tl/c3*1-9(2)7-8-5-3-4-6-8;/h3*3-6H,7H2,1-2H3;. The molecule has 0 heterocycles. The van der Waals surface area contributed by atoms with Gasteiger partial charge in [0.25, 0.3) is 0 Å². The third-order valence-electron chi connectivity index (χ3n) is 5.91. The second kappa shape index (κ2) is 9.83. The molecule has 0 spiro atoms. The summed E-state index contributed by atoms with van der Waals surface area (Å²) < 4.78 is 2.12. The van der Waals surface area contributed by atoms with E-state index in [1.54, 1.807) is 16.7 Å². The van der Waals surface area contributed by atoms with Gasteiger partial charge in [0.2, 0.25) is 0 Å². The van der Waals surface area contributed by atoms with E-state index in [1.807, 2.05) is 0 Å². The Morgan fingerprint density at radius 3 is 1.11 bits per heavy atom. The van der Waals surface area contributed by atoms with Crippen LogP contribution in [0.1, 0.15) is 0 Å². The van der Waals surface area contributed by atoms with Gasteiger partial charge in [-0.15, -0.1) is 0 Å². The van der Waals surface area contributed by atoms with Gasteiger partial charge in [-0.25, -0.2) is 0 Å². The fourth-order valence-electron chi connectivity index (χ4n) is 4.97. The molecule has 3 rings (SSSR count). The van der Waals surface area contributed by atoms with Gasteiger partial charge in [0.1, 0.15) is 0 Å².